The van der Waals surface area contributed by atoms with E-state index in [0.29, 0.717) is 16.3 Å². The lowest BCUT2D eigenvalue weighted by atomic mass is 9.77. The SMILES string of the molecule is CC(C)(C)c1cccc(C(=O)O)c1C1CCCC1Br. The second-order valence-corrected chi connectivity index (χ2v) is 7.55. The maximum Gasteiger partial charge on any atom is 0.335 e. The Morgan fingerprint density at radius 2 is 2.00 bits per heavy atom. The average molecular weight is 325 g/mol. The van der Waals surface area contributed by atoms with Crippen LogP contribution < -0.4 is 0 Å². The van der Waals surface area contributed by atoms with Gasteiger partial charge in [-0.15, -0.1) is 0 Å². The van der Waals surface area contributed by atoms with E-state index in [2.05, 4.69) is 42.8 Å². The first kappa shape index (κ1) is 14.6. The molecule has 0 heterocycles. The van der Waals surface area contributed by atoms with E-state index in [0.717, 1.165) is 24.8 Å². The third-order valence-corrected chi connectivity index (χ3v) is 5.04. The Morgan fingerprint density at radius 1 is 1.32 bits per heavy atom. The highest BCUT2D eigenvalue weighted by Crippen LogP contribution is 2.44. The van der Waals surface area contributed by atoms with Crippen LogP contribution in [0.4, 0.5) is 0 Å². The van der Waals surface area contributed by atoms with E-state index < -0.39 is 5.97 Å². The van der Waals surface area contributed by atoms with Gasteiger partial charge in [0.25, 0.3) is 0 Å². The first-order chi connectivity index (χ1) is 8.82. The van der Waals surface area contributed by atoms with Crippen molar-refractivity contribution in [3.63, 3.8) is 0 Å². The van der Waals surface area contributed by atoms with Crippen LogP contribution in [0.15, 0.2) is 18.2 Å². The number of rotatable bonds is 2. The molecule has 2 unspecified atom stereocenters. The first-order valence-electron chi connectivity index (χ1n) is 6.83. The summed E-state index contributed by atoms with van der Waals surface area (Å²) in [5.74, 6) is -0.491. The number of alkyl halides is 1. The molecule has 2 rings (SSSR count). The van der Waals surface area contributed by atoms with Gasteiger partial charge in [0.2, 0.25) is 0 Å². The van der Waals surface area contributed by atoms with Crippen LogP contribution in [0, 0.1) is 0 Å². The minimum absolute atomic E-state index is 0.0316. The zero-order valence-electron chi connectivity index (χ0n) is 11.7. The van der Waals surface area contributed by atoms with Gasteiger partial charge in [0.05, 0.1) is 5.56 Å². The molecule has 2 nitrogen and oxygen atoms in total. The molecule has 0 saturated heterocycles. The van der Waals surface area contributed by atoms with E-state index in [4.69, 9.17) is 0 Å². The van der Waals surface area contributed by atoms with Crippen LogP contribution in [0.2, 0.25) is 0 Å². The zero-order valence-corrected chi connectivity index (χ0v) is 13.3. The molecular formula is C16H21BrO2. The normalized spacial score (nSPS) is 23.6. The lowest BCUT2D eigenvalue weighted by Crippen LogP contribution is -2.21. The summed E-state index contributed by atoms with van der Waals surface area (Å²) in [6.07, 6.45) is 3.36. The molecule has 0 amide bonds. The third kappa shape index (κ3) is 2.86. The Morgan fingerprint density at radius 3 is 2.47 bits per heavy atom. The van der Waals surface area contributed by atoms with E-state index in [-0.39, 0.29) is 5.41 Å². The van der Waals surface area contributed by atoms with E-state index in [1.165, 1.54) is 5.56 Å². The molecule has 1 fully saturated rings. The Bertz CT molecular complexity index is 488. The molecule has 0 radical (unpaired) electrons. The number of hydrogen-bond donors (Lipinski definition) is 1. The molecule has 1 saturated carbocycles. The van der Waals surface area contributed by atoms with E-state index in [1.807, 2.05) is 6.07 Å². The van der Waals surface area contributed by atoms with E-state index in [9.17, 15) is 9.90 Å². The maximum atomic E-state index is 11.5. The predicted octanol–water partition coefficient (Wildman–Crippen LogP) is 4.71. The van der Waals surface area contributed by atoms with Crippen molar-refractivity contribution >= 4 is 21.9 Å². The molecule has 1 N–H and O–H groups in total. The van der Waals surface area contributed by atoms with Gasteiger partial charge in [-0.2, -0.15) is 0 Å². The average Bonchev–Trinajstić information content (AvgIpc) is 2.73. The number of aromatic carboxylic acids is 1. The highest BCUT2D eigenvalue weighted by atomic mass is 79.9. The molecule has 104 valence electrons. The second-order valence-electron chi connectivity index (χ2n) is 6.38. The summed E-state index contributed by atoms with van der Waals surface area (Å²) in [5.41, 5.74) is 2.66. The Labute approximate surface area is 123 Å². The second kappa shape index (κ2) is 5.28. The third-order valence-electron chi connectivity index (χ3n) is 3.95. The topological polar surface area (TPSA) is 37.3 Å². The van der Waals surface area contributed by atoms with Crippen molar-refractivity contribution in [2.24, 2.45) is 0 Å². The largest absolute Gasteiger partial charge is 0.478 e. The summed E-state index contributed by atoms with van der Waals surface area (Å²) in [6.45, 7) is 6.45. The molecule has 1 aliphatic carbocycles. The summed E-state index contributed by atoms with van der Waals surface area (Å²) in [6, 6.07) is 5.69. The standard InChI is InChI=1S/C16H21BrO2/c1-16(2,3)12-8-4-7-11(15(18)19)14(12)10-6-5-9-13(10)17/h4,7-8,10,13H,5-6,9H2,1-3H3,(H,18,19). The molecule has 1 aliphatic rings. The summed E-state index contributed by atoms with van der Waals surface area (Å²) >= 11 is 3.73. The Hall–Kier alpha value is -0.830. The smallest absolute Gasteiger partial charge is 0.335 e. The summed E-state index contributed by atoms with van der Waals surface area (Å²) in [7, 11) is 0. The summed E-state index contributed by atoms with van der Waals surface area (Å²) in [5, 5.41) is 9.49. The molecular weight excluding hydrogens is 304 g/mol. The van der Waals surface area contributed by atoms with Crippen LogP contribution in [-0.4, -0.2) is 15.9 Å². The number of benzene rings is 1. The van der Waals surface area contributed by atoms with Crippen LogP contribution >= 0.6 is 15.9 Å². The summed E-state index contributed by atoms with van der Waals surface area (Å²) in [4.78, 5) is 11.9. The quantitative estimate of drug-likeness (QED) is 0.799. The number of carboxylic acid groups (broad SMARTS) is 1. The van der Waals surface area contributed by atoms with Crippen molar-refractivity contribution < 1.29 is 9.90 Å². The van der Waals surface area contributed by atoms with Crippen molar-refractivity contribution in [1.82, 2.24) is 0 Å². The fourth-order valence-corrected chi connectivity index (χ4v) is 3.90. The van der Waals surface area contributed by atoms with Gasteiger partial charge in [-0.3, -0.25) is 0 Å². The lowest BCUT2D eigenvalue weighted by Gasteiger charge is -2.28. The van der Waals surface area contributed by atoms with Gasteiger partial charge in [-0.1, -0.05) is 55.3 Å². The van der Waals surface area contributed by atoms with Crippen molar-refractivity contribution in [3.05, 3.63) is 34.9 Å². The van der Waals surface area contributed by atoms with E-state index in [1.54, 1.807) is 6.07 Å². The fourth-order valence-electron chi connectivity index (χ4n) is 3.05. The Kier molecular flexibility index (Phi) is 4.05. The molecule has 0 spiro atoms. The van der Waals surface area contributed by atoms with Crippen molar-refractivity contribution in [1.29, 1.82) is 0 Å². The van der Waals surface area contributed by atoms with Gasteiger partial charge < -0.3 is 5.11 Å². The molecule has 1 aromatic rings. The van der Waals surface area contributed by atoms with Crippen LogP contribution in [0.3, 0.4) is 0 Å². The van der Waals surface area contributed by atoms with Gasteiger partial charge in [-0.05, 0) is 41.4 Å². The van der Waals surface area contributed by atoms with E-state index >= 15 is 0 Å². The van der Waals surface area contributed by atoms with Gasteiger partial charge in [0, 0.05) is 4.83 Å². The number of carbonyl (C=O) groups is 1. The molecule has 0 bridgehead atoms. The van der Waals surface area contributed by atoms with Gasteiger partial charge in [0.1, 0.15) is 0 Å². The first-order valence-corrected chi connectivity index (χ1v) is 7.74. The minimum Gasteiger partial charge on any atom is -0.478 e. The molecule has 3 heteroatoms. The highest BCUT2D eigenvalue weighted by molar-refractivity contribution is 9.09. The summed E-state index contributed by atoms with van der Waals surface area (Å²) < 4.78 is 0. The fraction of sp³-hybridized carbons (Fsp3) is 0.562. The van der Waals surface area contributed by atoms with Crippen molar-refractivity contribution in [3.8, 4) is 0 Å². The molecule has 2 atom stereocenters. The molecule has 0 aliphatic heterocycles. The highest BCUT2D eigenvalue weighted by Gasteiger charge is 2.33. The van der Waals surface area contributed by atoms with Crippen LogP contribution in [0.25, 0.3) is 0 Å². The van der Waals surface area contributed by atoms with Gasteiger partial charge in [0.15, 0.2) is 0 Å². The van der Waals surface area contributed by atoms with Crippen LogP contribution in [0.5, 0.6) is 0 Å². The predicted molar refractivity (Wildman–Crippen MR) is 81.4 cm³/mol. The molecule has 19 heavy (non-hydrogen) atoms. The minimum atomic E-state index is -0.812. The monoisotopic (exact) mass is 324 g/mol. The molecule has 0 aromatic heterocycles. The number of halogens is 1. The van der Waals surface area contributed by atoms with Crippen LogP contribution in [-0.2, 0) is 5.41 Å². The number of hydrogen-bond acceptors (Lipinski definition) is 1. The Balaban J connectivity index is 2.62. The van der Waals surface area contributed by atoms with Crippen molar-refractivity contribution in [2.75, 3.05) is 0 Å². The van der Waals surface area contributed by atoms with Crippen molar-refractivity contribution in [2.45, 2.75) is 56.2 Å². The van der Waals surface area contributed by atoms with Gasteiger partial charge >= 0.3 is 5.97 Å². The lowest BCUT2D eigenvalue weighted by molar-refractivity contribution is 0.0695. The van der Waals surface area contributed by atoms with Crippen LogP contribution in [0.1, 0.15) is 67.4 Å². The van der Waals surface area contributed by atoms with Gasteiger partial charge in [-0.25, -0.2) is 4.79 Å². The number of carboxylic acids is 1. The molecule has 1 aromatic carbocycles. The zero-order chi connectivity index (χ0) is 14.2. The maximum absolute atomic E-state index is 11.5.